The van der Waals surface area contributed by atoms with Gasteiger partial charge in [0.2, 0.25) is 0 Å². The van der Waals surface area contributed by atoms with Gasteiger partial charge in [-0.3, -0.25) is 4.79 Å². The molecule has 1 unspecified atom stereocenters. The molecule has 2 aliphatic heterocycles. The third-order valence-corrected chi connectivity index (χ3v) is 6.62. The highest BCUT2D eigenvalue weighted by Gasteiger charge is 2.24. The fraction of sp³-hybridized carbons (Fsp3) is 0.520. The molecule has 6 heteroatoms. The Kier molecular flexibility index (Phi) is 7.41. The van der Waals surface area contributed by atoms with Gasteiger partial charge in [-0.05, 0) is 81.3 Å². The van der Waals surface area contributed by atoms with E-state index in [1.54, 1.807) is 25.4 Å². The van der Waals surface area contributed by atoms with Crippen LogP contribution in [0.4, 0.5) is 11.5 Å². The fourth-order valence-electron chi connectivity index (χ4n) is 4.75. The Balaban J connectivity index is 1.33. The van der Waals surface area contributed by atoms with Crippen molar-refractivity contribution in [1.82, 2.24) is 10.3 Å². The fourth-order valence-corrected chi connectivity index (χ4v) is 4.75. The first-order valence-corrected chi connectivity index (χ1v) is 11.6. The lowest BCUT2D eigenvalue weighted by atomic mass is 9.89. The number of nitrogens with zero attached hydrogens (tertiary/aromatic N) is 2. The summed E-state index contributed by atoms with van der Waals surface area (Å²) >= 11 is 0. The summed E-state index contributed by atoms with van der Waals surface area (Å²) in [7, 11) is 1.60. The van der Waals surface area contributed by atoms with Crippen LogP contribution >= 0.6 is 0 Å². The van der Waals surface area contributed by atoms with E-state index in [2.05, 4.69) is 20.5 Å². The summed E-state index contributed by atoms with van der Waals surface area (Å²) in [5.74, 6) is 2.18. The first kappa shape index (κ1) is 21.6. The smallest absolute Gasteiger partial charge is 0.255 e. The van der Waals surface area contributed by atoms with Crippen LogP contribution in [0.15, 0.2) is 42.6 Å². The molecule has 2 N–H and O–H groups in total. The zero-order chi connectivity index (χ0) is 21.5. The van der Waals surface area contributed by atoms with E-state index in [4.69, 9.17) is 4.74 Å². The lowest BCUT2D eigenvalue weighted by molar-refractivity contribution is 0.102. The van der Waals surface area contributed by atoms with Gasteiger partial charge in [0.15, 0.2) is 5.82 Å². The zero-order valence-corrected chi connectivity index (χ0v) is 18.5. The van der Waals surface area contributed by atoms with E-state index in [1.807, 2.05) is 24.3 Å². The molecule has 1 atom stereocenters. The van der Waals surface area contributed by atoms with Crippen LogP contribution < -0.4 is 20.3 Å². The first-order valence-electron chi connectivity index (χ1n) is 11.6. The lowest BCUT2D eigenvalue weighted by Crippen LogP contribution is -2.37. The number of anilines is 2. The van der Waals surface area contributed by atoms with Crippen molar-refractivity contribution >= 4 is 17.4 Å². The number of pyridine rings is 1. The zero-order valence-electron chi connectivity index (χ0n) is 18.5. The van der Waals surface area contributed by atoms with E-state index < -0.39 is 0 Å². The van der Waals surface area contributed by atoms with Crippen LogP contribution in [0.2, 0.25) is 0 Å². The summed E-state index contributed by atoms with van der Waals surface area (Å²) in [5.41, 5.74) is 1.34. The SMILES string of the molecule is COc1cccc(C(=O)Nc2cccnc2N2CCC(CCC3CCCCN3)CC2)c1. The van der Waals surface area contributed by atoms with Gasteiger partial charge in [-0.2, -0.15) is 0 Å². The predicted octanol–water partition coefficient (Wildman–Crippen LogP) is 4.48. The highest BCUT2D eigenvalue weighted by Crippen LogP contribution is 2.30. The monoisotopic (exact) mass is 422 g/mol. The van der Waals surface area contributed by atoms with E-state index in [0.29, 0.717) is 11.3 Å². The van der Waals surface area contributed by atoms with Crippen molar-refractivity contribution in [2.45, 2.75) is 51.0 Å². The maximum Gasteiger partial charge on any atom is 0.255 e. The number of hydrogen-bond acceptors (Lipinski definition) is 5. The van der Waals surface area contributed by atoms with Gasteiger partial charge in [0.1, 0.15) is 5.75 Å². The summed E-state index contributed by atoms with van der Waals surface area (Å²) in [6.07, 6.45) is 10.8. The summed E-state index contributed by atoms with van der Waals surface area (Å²) < 4.78 is 5.24. The van der Waals surface area contributed by atoms with Crippen LogP contribution in [-0.2, 0) is 0 Å². The average molecular weight is 423 g/mol. The summed E-state index contributed by atoms with van der Waals surface area (Å²) in [6, 6.07) is 11.7. The maximum absolute atomic E-state index is 12.8. The largest absolute Gasteiger partial charge is 0.497 e. The Morgan fingerprint density at radius 3 is 2.81 bits per heavy atom. The molecule has 0 aliphatic carbocycles. The molecule has 3 heterocycles. The van der Waals surface area contributed by atoms with Crippen LogP contribution in [0.25, 0.3) is 0 Å². The van der Waals surface area contributed by atoms with Gasteiger partial charge >= 0.3 is 0 Å². The minimum atomic E-state index is -0.150. The van der Waals surface area contributed by atoms with Gasteiger partial charge in [0, 0.05) is 30.9 Å². The molecule has 2 fully saturated rings. The number of benzene rings is 1. The number of piperidine rings is 2. The van der Waals surface area contributed by atoms with Crippen molar-refractivity contribution in [2.24, 2.45) is 5.92 Å². The van der Waals surface area contributed by atoms with Gasteiger partial charge in [0.05, 0.1) is 12.8 Å². The van der Waals surface area contributed by atoms with Crippen molar-refractivity contribution in [3.63, 3.8) is 0 Å². The van der Waals surface area contributed by atoms with E-state index in [9.17, 15) is 4.79 Å². The molecule has 6 nitrogen and oxygen atoms in total. The van der Waals surface area contributed by atoms with Gasteiger partial charge in [-0.15, -0.1) is 0 Å². The van der Waals surface area contributed by atoms with E-state index in [-0.39, 0.29) is 5.91 Å². The number of amides is 1. The Hall–Kier alpha value is -2.60. The van der Waals surface area contributed by atoms with Gasteiger partial charge in [-0.1, -0.05) is 12.5 Å². The first-order chi connectivity index (χ1) is 15.2. The Morgan fingerprint density at radius 2 is 2.03 bits per heavy atom. The molecular weight excluding hydrogens is 388 g/mol. The highest BCUT2D eigenvalue weighted by molar-refractivity contribution is 6.05. The number of nitrogens with one attached hydrogen (secondary N) is 2. The van der Waals surface area contributed by atoms with Gasteiger partial charge in [0.25, 0.3) is 5.91 Å². The third-order valence-electron chi connectivity index (χ3n) is 6.62. The quantitative estimate of drug-likeness (QED) is 0.689. The number of methoxy groups -OCH3 is 1. The second kappa shape index (κ2) is 10.6. The molecule has 0 radical (unpaired) electrons. The van der Waals surface area contributed by atoms with Crippen molar-refractivity contribution in [3.05, 3.63) is 48.2 Å². The van der Waals surface area contributed by atoms with Crippen LogP contribution in [0.3, 0.4) is 0 Å². The van der Waals surface area contributed by atoms with Crippen molar-refractivity contribution in [2.75, 3.05) is 37.0 Å². The van der Waals surface area contributed by atoms with E-state index in [1.165, 1.54) is 51.5 Å². The molecule has 0 spiro atoms. The second-order valence-electron chi connectivity index (χ2n) is 8.72. The van der Waals surface area contributed by atoms with Gasteiger partial charge < -0.3 is 20.3 Å². The van der Waals surface area contributed by atoms with Gasteiger partial charge in [-0.25, -0.2) is 4.98 Å². The summed E-state index contributed by atoms with van der Waals surface area (Å²) in [4.78, 5) is 19.7. The minimum absolute atomic E-state index is 0.150. The molecule has 1 aromatic heterocycles. The Labute approximate surface area is 185 Å². The van der Waals surface area contributed by atoms with Crippen LogP contribution in [-0.4, -0.2) is 43.7 Å². The normalized spacial score (nSPS) is 19.8. The number of aromatic nitrogens is 1. The molecule has 2 aliphatic rings. The lowest BCUT2D eigenvalue weighted by Gasteiger charge is -2.34. The average Bonchev–Trinajstić information content (AvgIpc) is 2.84. The second-order valence-corrected chi connectivity index (χ2v) is 8.72. The number of ether oxygens (including phenoxy) is 1. The molecule has 2 saturated heterocycles. The summed E-state index contributed by atoms with van der Waals surface area (Å²) in [5, 5.41) is 6.72. The van der Waals surface area contributed by atoms with E-state index >= 15 is 0 Å². The molecule has 0 saturated carbocycles. The number of rotatable bonds is 7. The molecule has 31 heavy (non-hydrogen) atoms. The highest BCUT2D eigenvalue weighted by atomic mass is 16.5. The molecule has 166 valence electrons. The topological polar surface area (TPSA) is 66.5 Å². The van der Waals surface area contributed by atoms with Crippen molar-refractivity contribution in [1.29, 1.82) is 0 Å². The predicted molar refractivity (Wildman–Crippen MR) is 125 cm³/mol. The minimum Gasteiger partial charge on any atom is -0.497 e. The molecular formula is C25H34N4O2. The molecule has 1 amide bonds. The van der Waals surface area contributed by atoms with Crippen LogP contribution in [0, 0.1) is 5.92 Å². The molecule has 0 bridgehead atoms. The van der Waals surface area contributed by atoms with Crippen LogP contribution in [0.5, 0.6) is 5.75 Å². The number of carbonyl (C=O) groups is 1. The maximum atomic E-state index is 12.8. The molecule has 1 aromatic carbocycles. The third kappa shape index (κ3) is 5.76. The van der Waals surface area contributed by atoms with E-state index in [0.717, 1.165) is 36.6 Å². The summed E-state index contributed by atoms with van der Waals surface area (Å²) in [6.45, 7) is 3.16. The molecule has 4 rings (SSSR count). The number of carbonyl (C=O) groups excluding carboxylic acids is 1. The van der Waals surface area contributed by atoms with Crippen LogP contribution in [0.1, 0.15) is 55.3 Å². The molecule has 2 aromatic rings. The van der Waals surface area contributed by atoms with Crippen molar-refractivity contribution in [3.8, 4) is 5.75 Å². The van der Waals surface area contributed by atoms with Crippen molar-refractivity contribution < 1.29 is 9.53 Å². The number of hydrogen-bond donors (Lipinski definition) is 2. The Bertz CT molecular complexity index is 858. The standard InChI is InChI=1S/C25H34N4O2/c1-31-22-8-4-6-20(18-22)25(30)28-23-9-5-15-27-24(23)29-16-12-19(13-17-29)10-11-21-7-2-3-14-26-21/h4-6,8-9,15,18-19,21,26H,2-3,7,10-14,16-17H2,1H3,(H,28,30). The Morgan fingerprint density at radius 1 is 1.16 bits per heavy atom.